The third-order valence-electron chi connectivity index (χ3n) is 1.63. The zero-order valence-corrected chi connectivity index (χ0v) is 8.50. The Bertz CT molecular complexity index is 387. The van der Waals surface area contributed by atoms with Crippen LogP contribution < -0.4 is 0 Å². The highest BCUT2D eigenvalue weighted by atomic mass is 32.2. The molecule has 0 amide bonds. The van der Waals surface area contributed by atoms with Gasteiger partial charge in [0.25, 0.3) is 0 Å². The van der Waals surface area contributed by atoms with E-state index in [1.807, 2.05) is 6.92 Å². The number of rotatable bonds is 3. The van der Waals surface area contributed by atoms with E-state index < -0.39 is 9.84 Å². The highest BCUT2D eigenvalue weighted by Gasteiger charge is 2.10. The molecule has 4 nitrogen and oxygen atoms in total. The Balaban J connectivity index is 2.87. The maximum absolute atomic E-state index is 11.2. The van der Waals surface area contributed by atoms with Gasteiger partial charge in [0.15, 0.2) is 9.84 Å². The van der Waals surface area contributed by atoms with Crippen molar-refractivity contribution in [1.29, 1.82) is 0 Å². The third-order valence-corrected chi connectivity index (χ3v) is 3.21. The van der Waals surface area contributed by atoms with Crippen molar-refractivity contribution in [2.75, 3.05) is 5.75 Å². The van der Waals surface area contributed by atoms with E-state index in [0.717, 1.165) is 5.69 Å². The smallest absolute Gasteiger partial charge is 0.157 e. The standard InChI is InChI=1S/C8H12N2O2S/c1-3-13(11,12)6-8-9-5-4-7(2)10-8/h4-5H,3,6H2,1-2H3. The van der Waals surface area contributed by atoms with E-state index in [1.54, 1.807) is 19.2 Å². The van der Waals surface area contributed by atoms with Crippen LogP contribution in [0.1, 0.15) is 18.4 Å². The molecule has 5 heteroatoms. The first-order chi connectivity index (χ1) is 6.03. The fourth-order valence-corrected chi connectivity index (χ4v) is 1.61. The van der Waals surface area contributed by atoms with Crippen LogP contribution in [0.4, 0.5) is 0 Å². The van der Waals surface area contributed by atoms with Crippen molar-refractivity contribution >= 4 is 9.84 Å². The van der Waals surface area contributed by atoms with Crippen molar-refractivity contribution in [2.45, 2.75) is 19.6 Å². The highest BCUT2D eigenvalue weighted by molar-refractivity contribution is 7.90. The maximum atomic E-state index is 11.2. The lowest BCUT2D eigenvalue weighted by molar-refractivity contribution is 0.595. The summed E-state index contributed by atoms with van der Waals surface area (Å²) in [4.78, 5) is 7.90. The molecule has 0 aliphatic carbocycles. The SMILES string of the molecule is CCS(=O)(=O)Cc1nccc(C)n1. The minimum Gasteiger partial charge on any atom is -0.240 e. The van der Waals surface area contributed by atoms with Gasteiger partial charge in [-0.1, -0.05) is 6.92 Å². The molecule has 0 radical (unpaired) electrons. The van der Waals surface area contributed by atoms with Gasteiger partial charge in [0.1, 0.15) is 11.6 Å². The van der Waals surface area contributed by atoms with Gasteiger partial charge in [0, 0.05) is 17.6 Å². The minimum atomic E-state index is -3.01. The molecular formula is C8H12N2O2S. The van der Waals surface area contributed by atoms with Gasteiger partial charge in [-0.15, -0.1) is 0 Å². The molecule has 13 heavy (non-hydrogen) atoms. The Hall–Kier alpha value is -0.970. The Kier molecular flexibility index (Phi) is 2.98. The summed E-state index contributed by atoms with van der Waals surface area (Å²) >= 11 is 0. The van der Waals surface area contributed by atoms with E-state index in [2.05, 4.69) is 9.97 Å². The summed E-state index contributed by atoms with van der Waals surface area (Å²) in [6.07, 6.45) is 1.57. The summed E-state index contributed by atoms with van der Waals surface area (Å²) in [6.45, 7) is 3.43. The Morgan fingerprint density at radius 2 is 2.15 bits per heavy atom. The summed E-state index contributed by atoms with van der Waals surface area (Å²) in [5.74, 6) is 0.442. The second-order valence-electron chi connectivity index (χ2n) is 2.79. The molecule has 0 N–H and O–H groups in total. The summed E-state index contributed by atoms with van der Waals surface area (Å²) in [6, 6.07) is 1.74. The van der Waals surface area contributed by atoms with Gasteiger partial charge in [-0.25, -0.2) is 18.4 Å². The van der Waals surface area contributed by atoms with E-state index in [4.69, 9.17) is 0 Å². The van der Waals surface area contributed by atoms with Crippen molar-refractivity contribution in [1.82, 2.24) is 9.97 Å². The molecule has 0 fully saturated rings. The van der Waals surface area contributed by atoms with E-state index in [9.17, 15) is 8.42 Å². The summed E-state index contributed by atoms with van der Waals surface area (Å²) in [7, 11) is -3.01. The molecule has 0 saturated heterocycles. The van der Waals surface area contributed by atoms with Crippen LogP contribution in [-0.2, 0) is 15.6 Å². The van der Waals surface area contributed by atoms with E-state index in [0.29, 0.717) is 5.82 Å². The zero-order valence-electron chi connectivity index (χ0n) is 7.69. The van der Waals surface area contributed by atoms with E-state index in [-0.39, 0.29) is 11.5 Å². The number of sulfone groups is 1. The Morgan fingerprint density at radius 3 is 2.69 bits per heavy atom. The van der Waals surface area contributed by atoms with Crippen LogP contribution in [-0.4, -0.2) is 24.1 Å². The first-order valence-corrected chi connectivity index (χ1v) is 5.84. The quantitative estimate of drug-likeness (QED) is 0.721. The van der Waals surface area contributed by atoms with Crippen molar-refractivity contribution in [3.63, 3.8) is 0 Å². The lowest BCUT2D eigenvalue weighted by Crippen LogP contribution is -2.09. The summed E-state index contributed by atoms with van der Waals surface area (Å²) in [5.41, 5.74) is 0.788. The number of aryl methyl sites for hydroxylation is 1. The lowest BCUT2D eigenvalue weighted by Gasteiger charge is -2.00. The van der Waals surface area contributed by atoms with Gasteiger partial charge < -0.3 is 0 Å². The second-order valence-corrected chi connectivity index (χ2v) is 5.14. The number of hydrogen-bond acceptors (Lipinski definition) is 4. The molecule has 0 bridgehead atoms. The molecule has 0 unspecified atom stereocenters. The van der Waals surface area contributed by atoms with Crippen LogP contribution in [0, 0.1) is 6.92 Å². The van der Waals surface area contributed by atoms with Gasteiger partial charge in [-0.2, -0.15) is 0 Å². The maximum Gasteiger partial charge on any atom is 0.157 e. The van der Waals surface area contributed by atoms with Crippen LogP contribution in [0.25, 0.3) is 0 Å². The fraction of sp³-hybridized carbons (Fsp3) is 0.500. The predicted molar refractivity (Wildman–Crippen MR) is 49.9 cm³/mol. The first kappa shape index (κ1) is 10.1. The molecule has 1 aromatic rings. The van der Waals surface area contributed by atoms with Crippen LogP contribution in [0.15, 0.2) is 12.3 Å². The zero-order chi connectivity index (χ0) is 9.90. The molecule has 72 valence electrons. The monoisotopic (exact) mass is 200 g/mol. The minimum absolute atomic E-state index is 0.0643. The van der Waals surface area contributed by atoms with Gasteiger partial charge in [0.2, 0.25) is 0 Å². The van der Waals surface area contributed by atoms with Gasteiger partial charge in [-0.3, -0.25) is 0 Å². The Morgan fingerprint density at radius 1 is 1.46 bits per heavy atom. The third kappa shape index (κ3) is 3.10. The Labute approximate surface area is 78.0 Å². The normalized spacial score (nSPS) is 11.5. The van der Waals surface area contributed by atoms with Crippen LogP contribution in [0.2, 0.25) is 0 Å². The fourth-order valence-electron chi connectivity index (χ4n) is 0.869. The molecule has 0 aromatic carbocycles. The van der Waals surface area contributed by atoms with Crippen molar-refractivity contribution in [2.24, 2.45) is 0 Å². The lowest BCUT2D eigenvalue weighted by atomic mass is 10.4. The van der Waals surface area contributed by atoms with Crippen LogP contribution in [0.5, 0.6) is 0 Å². The van der Waals surface area contributed by atoms with Crippen molar-refractivity contribution < 1.29 is 8.42 Å². The predicted octanol–water partition coefficient (Wildman–Crippen LogP) is 0.720. The van der Waals surface area contributed by atoms with Gasteiger partial charge in [0.05, 0.1) is 0 Å². The van der Waals surface area contributed by atoms with Gasteiger partial charge >= 0.3 is 0 Å². The first-order valence-electron chi connectivity index (χ1n) is 4.02. The second kappa shape index (κ2) is 3.83. The number of aromatic nitrogens is 2. The molecule has 0 aliphatic heterocycles. The molecule has 1 rings (SSSR count). The van der Waals surface area contributed by atoms with Gasteiger partial charge in [-0.05, 0) is 13.0 Å². The van der Waals surface area contributed by atoms with Crippen molar-refractivity contribution in [3.05, 3.63) is 23.8 Å². The average molecular weight is 200 g/mol. The molecule has 0 atom stereocenters. The summed E-state index contributed by atoms with van der Waals surface area (Å²) in [5, 5.41) is 0. The van der Waals surface area contributed by atoms with Crippen molar-refractivity contribution in [3.8, 4) is 0 Å². The molecule has 0 aliphatic rings. The van der Waals surface area contributed by atoms with Crippen LogP contribution in [0.3, 0.4) is 0 Å². The number of hydrogen-bond donors (Lipinski definition) is 0. The molecule has 0 spiro atoms. The molecular weight excluding hydrogens is 188 g/mol. The highest BCUT2D eigenvalue weighted by Crippen LogP contribution is 2.01. The average Bonchev–Trinajstić information content (AvgIpc) is 2.03. The topological polar surface area (TPSA) is 59.9 Å². The number of nitrogens with zero attached hydrogens (tertiary/aromatic N) is 2. The largest absolute Gasteiger partial charge is 0.240 e. The molecule has 1 heterocycles. The molecule has 1 aromatic heterocycles. The van der Waals surface area contributed by atoms with E-state index >= 15 is 0 Å². The van der Waals surface area contributed by atoms with Crippen LogP contribution >= 0.6 is 0 Å². The summed E-state index contributed by atoms with van der Waals surface area (Å²) < 4.78 is 22.4. The van der Waals surface area contributed by atoms with E-state index in [1.165, 1.54) is 0 Å². The molecule has 0 saturated carbocycles.